The fourth-order valence-corrected chi connectivity index (χ4v) is 2.69. The molecule has 0 aliphatic rings. The van der Waals surface area contributed by atoms with Crippen molar-refractivity contribution in [1.29, 1.82) is 0 Å². The van der Waals surface area contributed by atoms with E-state index >= 15 is 0 Å². The highest BCUT2D eigenvalue weighted by Crippen LogP contribution is 2.33. The molecule has 1 heterocycles. The molecule has 0 fully saturated rings. The number of methoxy groups -OCH3 is 1. The predicted octanol–water partition coefficient (Wildman–Crippen LogP) is 2.68. The van der Waals surface area contributed by atoms with Crippen LogP contribution in [0, 0.1) is 0 Å². The van der Waals surface area contributed by atoms with Gasteiger partial charge in [0.2, 0.25) is 0 Å². The van der Waals surface area contributed by atoms with Crippen LogP contribution in [-0.4, -0.2) is 16.9 Å². The maximum absolute atomic E-state index is 5.92. The zero-order chi connectivity index (χ0) is 14.7. The third-order valence-electron chi connectivity index (χ3n) is 3.71. The molecule has 1 aromatic heterocycles. The van der Waals surface area contributed by atoms with E-state index in [1.54, 1.807) is 7.11 Å². The average molecular weight is 273 g/mol. The summed E-state index contributed by atoms with van der Waals surface area (Å²) in [6.45, 7) is 4.79. The van der Waals surface area contributed by atoms with Gasteiger partial charge in [-0.05, 0) is 36.1 Å². The van der Waals surface area contributed by atoms with Crippen LogP contribution in [0.15, 0.2) is 18.2 Å². The minimum absolute atomic E-state index is 0.494. The van der Waals surface area contributed by atoms with Crippen molar-refractivity contribution in [2.45, 2.75) is 33.2 Å². The monoisotopic (exact) mass is 273 g/mol. The lowest BCUT2D eigenvalue weighted by Gasteiger charge is -2.12. The Kier molecular flexibility index (Phi) is 4.45. The minimum atomic E-state index is 0.494. The first-order chi connectivity index (χ1) is 9.65. The summed E-state index contributed by atoms with van der Waals surface area (Å²) < 4.78 is 7.27. The third-order valence-corrected chi connectivity index (χ3v) is 3.71. The second-order valence-electron chi connectivity index (χ2n) is 4.83. The van der Waals surface area contributed by atoms with Gasteiger partial charge in [0, 0.05) is 24.8 Å². The summed E-state index contributed by atoms with van der Waals surface area (Å²) in [4.78, 5) is 0. The Bertz CT molecular complexity index is 602. The highest BCUT2D eigenvalue weighted by molar-refractivity contribution is 5.73. The number of rotatable bonds is 5. The van der Waals surface area contributed by atoms with E-state index in [1.807, 2.05) is 23.9 Å². The molecule has 2 rings (SSSR count). The first-order valence-electron chi connectivity index (χ1n) is 7.08. The SMILES string of the molecule is CCc1nn(C)c(CC)c1-c1ccc(OC)cc1CN. The number of aryl methyl sites for hydroxylation is 2. The zero-order valence-corrected chi connectivity index (χ0v) is 12.7. The molecule has 2 aromatic rings. The quantitative estimate of drug-likeness (QED) is 0.911. The second kappa shape index (κ2) is 6.09. The lowest BCUT2D eigenvalue weighted by molar-refractivity contribution is 0.414. The summed E-state index contributed by atoms with van der Waals surface area (Å²) in [6, 6.07) is 6.10. The van der Waals surface area contributed by atoms with Gasteiger partial charge in [-0.1, -0.05) is 19.9 Å². The van der Waals surface area contributed by atoms with Crippen molar-refractivity contribution in [3.8, 4) is 16.9 Å². The first-order valence-corrected chi connectivity index (χ1v) is 7.08. The minimum Gasteiger partial charge on any atom is -0.497 e. The Labute approximate surface area is 120 Å². The molecule has 4 heteroatoms. The van der Waals surface area contributed by atoms with Gasteiger partial charge in [0.05, 0.1) is 12.8 Å². The van der Waals surface area contributed by atoms with E-state index in [0.29, 0.717) is 6.54 Å². The largest absolute Gasteiger partial charge is 0.497 e. The molecule has 1 aromatic carbocycles. The number of benzene rings is 1. The third kappa shape index (κ3) is 2.43. The van der Waals surface area contributed by atoms with Gasteiger partial charge in [0.1, 0.15) is 5.75 Å². The maximum Gasteiger partial charge on any atom is 0.119 e. The van der Waals surface area contributed by atoms with E-state index in [9.17, 15) is 0 Å². The van der Waals surface area contributed by atoms with Gasteiger partial charge in [-0.3, -0.25) is 4.68 Å². The molecule has 0 amide bonds. The number of hydrogen-bond donors (Lipinski definition) is 1. The topological polar surface area (TPSA) is 53.1 Å². The number of nitrogens with zero attached hydrogens (tertiary/aromatic N) is 2. The van der Waals surface area contributed by atoms with Gasteiger partial charge in [-0.2, -0.15) is 5.10 Å². The highest BCUT2D eigenvalue weighted by atomic mass is 16.5. The van der Waals surface area contributed by atoms with Crippen molar-refractivity contribution in [2.75, 3.05) is 7.11 Å². The van der Waals surface area contributed by atoms with Crippen LogP contribution < -0.4 is 10.5 Å². The van der Waals surface area contributed by atoms with Crippen molar-refractivity contribution in [1.82, 2.24) is 9.78 Å². The van der Waals surface area contributed by atoms with Crippen molar-refractivity contribution in [3.63, 3.8) is 0 Å². The van der Waals surface area contributed by atoms with E-state index in [-0.39, 0.29) is 0 Å². The van der Waals surface area contributed by atoms with Gasteiger partial charge < -0.3 is 10.5 Å². The van der Waals surface area contributed by atoms with E-state index in [4.69, 9.17) is 10.5 Å². The average Bonchev–Trinajstić information content (AvgIpc) is 2.81. The van der Waals surface area contributed by atoms with Crippen LogP contribution in [0.1, 0.15) is 30.8 Å². The fraction of sp³-hybridized carbons (Fsp3) is 0.438. The van der Waals surface area contributed by atoms with Crippen LogP contribution in [0.25, 0.3) is 11.1 Å². The number of ether oxygens (including phenoxy) is 1. The molecule has 2 N–H and O–H groups in total. The Hall–Kier alpha value is -1.81. The van der Waals surface area contributed by atoms with Gasteiger partial charge in [0.15, 0.2) is 0 Å². The molecule has 0 saturated carbocycles. The molecule has 0 spiro atoms. The predicted molar refractivity (Wildman–Crippen MR) is 81.8 cm³/mol. The smallest absolute Gasteiger partial charge is 0.119 e. The molecule has 20 heavy (non-hydrogen) atoms. The fourth-order valence-electron chi connectivity index (χ4n) is 2.69. The Balaban J connectivity index is 2.67. The van der Waals surface area contributed by atoms with E-state index < -0.39 is 0 Å². The van der Waals surface area contributed by atoms with Gasteiger partial charge in [0.25, 0.3) is 0 Å². The van der Waals surface area contributed by atoms with Crippen molar-refractivity contribution >= 4 is 0 Å². The Morgan fingerprint density at radius 1 is 1.25 bits per heavy atom. The van der Waals surface area contributed by atoms with Gasteiger partial charge in [-0.15, -0.1) is 0 Å². The van der Waals surface area contributed by atoms with E-state index in [0.717, 1.165) is 29.8 Å². The summed E-state index contributed by atoms with van der Waals surface area (Å²) in [5.74, 6) is 0.842. The van der Waals surface area contributed by atoms with Crippen molar-refractivity contribution in [3.05, 3.63) is 35.2 Å². The molecule has 4 nitrogen and oxygen atoms in total. The molecule has 0 atom stereocenters. The normalized spacial score (nSPS) is 10.8. The maximum atomic E-state index is 5.92. The Morgan fingerprint density at radius 3 is 2.55 bits per heavy atom. The zero-order valence-electron chi connectivity index (χ0n) is 12.7. The number of nitrogens with two attached hydrogens (primary N) is 1. The molecule has 108 valence electrons. The van der Waals surface area contributed by atoms with Crippen LogP contribution in [0.2, 0.25) is 0 Å². The van der Waals surface area contributed by atoms with Crippen LogP contribution >= 0.6 is 0 Å². The molecule has 0 saturated heterocycles. The molecule has 0 aliphatic carbocycles. The van der Waals surface area contributed by atoms with Crippen molar-refractivity contribution < 1.29 is 4.74 Å². The highest BCUT2D eigenvalue weighted by Gasteiger charge is 2.18. The molecule has 0 radical (unpaired) electrons. The lowest BCUT2D eigenvalue weighted by Crippen LogP contribution is -2.02. The summed E-state index contributed by atoms with van der Waals surface area (Å²) in [7, 11) is 3.68. The summed E-state index contributed by atoms with van der Waals surface area (Å²) in [5, 5.41) is 4.64. The van der Waals surface area contributed by atoms with E-state index in [2.05, 4.69) is 25.0 Å². The Morgan fingerprint density at radius 2 is 2.00 bits per heavy atom. The van der Waals surface area contributed by atoms with Crippen molar-refractivity contribution in [2.24, 2.45) is 12.8 Å². The molecular weight excluding hydrogens is 250 g/mol. The van der Waals surface area contributed by atoms with Crippen LogP contribution in [0.5, 0.6) is 5.75 Å². The molecule has 0 bridgehead atoms. The lowest BCUT2D eigenvalue weighted by atomic mass is 9.95. The molecule has 0 unspecified atom stereocenters. The van der Waals surface area contributed by atoms with Gasteiger partial charge >= 0.3 is 0 Å². The standard InChI is InChI=1S/C16H23N3O/c1-5-14-16(15(6-2)19(3)18-14)13-8-7-12(20-4)9-11(13)10-17/h7-9H,5-6,10,17H2,1-4H3. The molecular formula is C16H23N3O. The van der Waals surface area contributed by atoms with Gasteiger partial charge in [-0.25, -0.2) is 0 Å². The number of aromatic nitrogens is 2. The summed E-state index contributed by atoms with van der Waals surface area (Å²) >= 11 is 0. The number of hydrogen-bond acceptors (Lipinski definition) is 3. The molecule has 0 aliphatic heterocycles. The first kappa shape index (κ1) is 14.6. The van der Waals surface area contributed by atoms with E-state index in [1.165, 1.54) is 16.8 Å². The summed E-state index contributed by atoms with van der Waals surface area (Å²) in [5.41, 5.74) is 11.8. The van der Waals surface area contributed by atoms with Crippen LogP contribution in [-0.2, 0) is 26.4 Å². The summed E-state index contributed by atoms with van der Waals surface area (Å²) in [6.07, 6.45) is 1.87. The van der Waals surface area contributed by atoms with Crippen LogP contribution in [0.4, 0.5) is 0 Å². The van der Waals surface area contributed by atoms with Crippen LogP contribution in [0.3, 0.4) is 0 Å². The second-order valence-corrected chi connectivity index (χ2v) is 4.83.